The lowest BCUT2D eigenvalue weighted by molar-refractivity contribution is -0.116. The summed E-state index contributed by atoms with van der Waals surface area (Å²) in [6.45, 7) is 1.37. The number of aromatic nitrogens is 1. The molecule has 0 aliphatic carbocycles. The highest BCUT2D eigenvalue weighted by atomic mass is 35.5. The molecule has 0 aliphatic rings. The fourth-order valence-electron chi connectivity index (χ4n) is 0.857. The van der Waals surface area contributed by atoms with Gasteiger partial charge in [-0.15, -0.1) is 0 Å². The van der Waals surface area contributed by atoms with Gasteiger partial charge in [0.2, 0.25) is 0 Å². The molecule has 1 rings (SSSR count). The molecule has 0 N–H and O–H groups in total. The van der Waals surface area contributed by atoms with E-state index in [1.807, 2.05) is 0 Å². The van der Waals surface area contributed by atoms with Crippen LogP contribution in [0, 0.1) is 0 Å². The van der Waals surface area contributed by atoms with Crippen molar-refractivity contribution < 1.29 is 9.59 Å². The number of Topliss-reactive ketones (excluding diaryl/α,β-unsaturated/α-hetero) is 2. The van der Waals surface area contributed by atoms with Crippen molar-refractivity contribution >= 4 is 23.2 Å². The van der Waals surface area contributed by atoms with Gasteiger partial charge >= 0.3 is 0 Å². The SMILES string of the molecule is CC(=O)CC(=O)c1ccc(Cl)cn1. The normalized spacial score (nSPS) is 9.69. The highest BCUT2D eigenvalue weighted by molar-refractivity contribution is 6.30. The number of hydrogen-bond acceptors (Lipinski definition) is 3. The number of carbonyl (C=O) groups is 2. The summed E-state index contributed by atoms with van der Waals surface area (Å²) in [5, 5.41) is 0.472. The lowest BCUT2D eigenvalue weighted by atomic mass is 10.1. The van der Waals surface area contributed by atoms with Crippen molar-refractivity contribution in [1.82, 2.24) is 4.98 Å². The summed E-state index contributed by atoms with van der Waals surface area (Å²) >= 11 is 5.58. The van der Waals surface area contributed by atoms with Crippen LogP contribution in [0.5, 0.6) is 0 Å². The highest BCUT2D eigenvalue weighted by Gasteiger charge is 2.09. The van der Waals surface area contributed by atoms with Crippen LogP contribution in [0.1, 0.15) is 23.8 Å². The number of pyridine rings is 1. The van der Waals surface area contributed by atoms with Crippen molar-refractivity contribution in [3.05, 3.63) is 29.0 Å². The van der Waals surface area contributed by atoms with Crippen LogP contribution in [0.4, 0.5) is 0 Å². The molecular formula is C9H8ClNO2. The second-order valence-corrected chi connectivity index (χ2v) is 3.10. The minimum Gasteiger partial charge on any atom is -0.300 e. The van der Waals surface area contributed by atoms with Crippen molar-refractivity contribution in [1.29, 1.82) is 0 Å². The second kappa shape index (κ2) is 4.14. The Morgan fingerprint density at radius 2 is 2.15 bits per heavy atom. The van der Waals surface area contributed by atoms with Gasteiger partial charge in [-0.3, -0.25) is 14.6 Å². The molecule has 3 nitrogen and oxygen atoms in total. The zero-order valence-electron chi connectivity index (χ0n) is 7.08. The van der Waals surface area contributed by atoms with E-state index in [1.54, 1.807) is 6.07 Å². The predicted octanol–water partition coefficient (Wildman–Crippen LogP) is 1.90. The molecule has 0 aromatic carbocycles. The molecule has 0 radical (unpaired) electrons. The van der Waals surface area contributed by atoms with E-state index in [4.69, 9.17) is 11.6 Å². The molecular weight excluding hydrogens is 190 g/mol. The zero-order valence-corrected chi connectivity index (χ0v) is 7.84. The first-order chi connectivity index (χ1) is 6.09. The van der Waals surface area contributed by atoms with Crippen LogP contribution >= 0.6 is 11.6 Å². The van der Waals surface area contributed by atoms with Crippen LogP contribution in [-0.4, -0.2) is 16.6 Å². The Morgan fingerprint density at radius 1 is 1.46 bits per heavy atom. The first-order valence-electron chi connectivity index (χ1n) is 3.74. The third kappa shape index (κ3) is 2.95. The minimum atomic E-state index is -0.274. The van der Waals surface area contributed by atoms with Crippen molar-refractivity contribution in [2.45, 2.75) is 13.3 Å². The average molecular weight is 198 g/mol. The lowest BCUT2D eigenvalue weighted by Gasteiger charge is -1.96. The molecule has 1 aromatic rings. The van der Waals surface area contributed by atoms with Gasteiger partial charge in [0.1, 0.15) is 11.5 Å². The second-order valence-electron chi connectivity index (χ2n) is 2.66. The molecule has 0 spiro atoms. The fourth-order valence-corrected chi connectivity index (χ4v) is 0.969. The van der Waals surface area contributed by atoms with Crippen LogP contribution < -0.4 is 0 Å². The molecule has 0 bridgehead atoms. The summed E-state index contributed by atoms with van der Waals surface area (Å²) in [6.07, 6.45) is 1.28. The predicted molar refractivity (Wildman–Crippen MR) is 48.9 cm³/mol. The van der Waals surface area contributed by atoms with E-state index >= 15 is 0 Å². The highest BCUT2D eigenvalue weighted by Crippen LogP contribution is 2.07. The number of halogens is 1. The van der Waals surface area contributed by atoms with Gasteiger partial charge in [-0.1, -0.05) is 11.6 Å². The molecule has 68 valence electrons. The molecule has 0 atom stereocenters. The van der Waals surface area contributed by atoms with E-state index in [0.29, 0.717) is 5.02 Å². The Hall–Kier alpha value is -1.22. The maximum Gasteiger partial charge on any atom is 0.188 e. The molecule has 0 fully saturated rings. The molecule has 0 unspecified atom stereocenters. The van der Waals surface area contributed by atoms with Crippen molar-refractivity contribution in [3.63, 3.8) is 0 Å². The van der Waals surface area contributed by atoms with E-state index < -0.39 is 0 Å². The van der Waals surface area contributed by atoms with Gasteiger partial charge in [0.25, 0.3) is 0 Å². The number of ketones is 2. The van der Waals surface area contributed by atoms with Crippen LogP contribution in [0.2, 0.25) is 5.02 Å². The Balaban J connectivity index is 2.78. The number of rotatable bonds is 3. The summed E-state index contributed by atoms with van der Waals surface area (Å²) in [5.41, 5.74) is 0.277. The maximum absolute atomic E-state index is 11.2. The van der Waals surface area contributed by atoms with E-state index in [-0.39, 0.29) is 23.7 Å². The van der Waals surface area contributed by atoms with Crippen LogP contribution in [0.15, 0.2) is 18.3 Å². The molecule has 0 saturated heterocycles. The molecule has 0 amide bonds. The smallest absolute Gasteiger partial charge is 0.188 e. The number of hydrogen-bond donors (Lipinski definition) is 0. The average Bonchev–Trinajstić information content (AvgIpc) is 2.04. The third-order valence-corrected chi connectivity index (χ3v) is 1.65. The fraction of sp³-hybridized carbons (Fsp3) is 0.222. The van der Waals surface area contributed by atoms with Gasteiger partial charge in [-0.25, -0.2) is 0 Å². The van der Waals surface area contributed by atoms with E-state index in [1.165, 1.54) is 19.2 Å². The summed E-state index contributed by atoms with van der Waals surface area (Å²) in [7, 11) is 0. The van der Waals surface area contributed by atoms with Gasteiger partial charge in [-0.05, 0) is 19.1 Å². The molecule has 13 heavy (non-hydrogen) atoms. The maximum atomic E-state index is 11.2. The van der Waals surface area contributed by atoms with Crippen LogP contribution in [-0.2, 0) is 4.79 Å². The van der Waals surface area contributed by atoms with Gasteiger partial charge in [0, 0.05) is 6.20 Å². The van der Waals surface area contributed by atoms with Crippen molar-refractivity contribution in [2.75, 3.05) is 0 Å². The monoisotopic (exact) mass is 197 g/mol. The minimum absolute atomic E-state index is 0.103. The van der Waals surface area contributed by atoms with Gasteiger partial charge < -0.3 is 0 Å². The summed E-state index contributed by atoms with van der Waals surface area (Å²) in [6, 6.07) is 3.08. The van der Waals surface area contributed by atoms with E-state index in [0.717, 1.165) is 0 Å². The Kier molecular flexibility index (Phi) is 3.14. The summed E-state index contributed by atoms with van der Waals surface area (Å²) in [5.74, 6) is -0.439. The summed E-state index contributed by atoms with van der Waals surface area (Å²) < 4.78 is 0. The summed E-state index contributed by atoms with van der Waals surface area (Å²) in [4.78, 5) is 25.7. The van der Waals surface area contributed by atoms with Crippen LogP contribution in [0.25, 0.3) is 0 Å². The largest absolute Gasteiger partial charge is 0.300 e. The topological polar surface area (TPSA) is 47.0 Å². The quantitative estimate of drug-likeness (QED) is 0.549. The molecule has 0 aliphatic heterocycles. The van der Waals surface area contributed by atoms with E-state index in [9.17, 15) is 9.59 Å². The van der Waals surface area contributed by atoms with Crippen molar-refractivity contribution in [3.8, 4) is 0 Å². The van der Waals surface area contributed by atoms with Gasteiger partial charge in [0.05, 0.1) is 11.4 Å². The number of nitrogens with zero attached hydrogens (tertiary/aromatic N) is 1. The zero-order chi connectivity index (χ0) is 9.84. The van der Waals surface area contributed by atoms with Gasteiger partial charge in [-0.2, -0.15) is 0 Å². The Labute approximate surface area is 80.7 Å². The van der Waals surface area contributed by atoms with E-state index in [2.05, 4.69) is 4.98 Å². The first kappa shape index (κ1) is 9.86. The molecule has 1 heterocycles. The third-order valence-electron chi connectivity index (χ3n) is 1.42. The molecule has 0 saturated carbocycles. The van der Waals surface area contributed by atoms with Gasteiger partial charge in [0.15, 0.2) is 5.78 Å². The lowest BCUT2D eigenvalue weighted by Crippen LogP contribution is -2.06. The Bertz CT molecular complexity index is 332. The number of carbonyl (C=O) groups excluding carboxylic acids is 2. The van der Waals surface area contributed by atoms with Crippen LogP contribution in [0.3, 0.4) is 0 Å². The molecule has 4 heteroatoms. The molecule has 1 aromatic heterocycles. The first-order valence-corrected chi connectivity index (χ1v) is 4.11. The van der Waals surface area contributed by atoms with Crippen molar-refractivity contribution in [2.24, 2.45) is 0 Å². The standard InChI is InChI=1S/C9H8ClNO2/c1-6(12)4-9(13)8-3-2-7(10)5-11-8/h2-3,5H,4H2,1H3. The Morgan fingerprint density at radius 3 is 2.62 bits per heavy atom.